The van der Waals surface area contributed by atoms with Gasteiger partial charge in [0.15, 0.2) is 5.96 Å². The molecule has 1 aromatic rings. The molecule has 128 valence electrons. The van der Waals surface area contributed by atoms with Gasteiger partial charge in [0.1, 0.15) is 0 Å². The molecule has 0 saturated carbocycles. The maximum Gasteiger partial charge on any atom is 0.193 e. The Labute approximate surface area is 141 Å². The Morgan fingerprint density at radius 1 is 1.17 bits per heavy atom. The van der Waals surface area contributed by atoms with Crippen molar-refractivity contribution in [2.75, 3.05) is 40.3 Å². The average molecular weight is 316 g/mol. The summed E-state index contributed by atoms with van der Waals surface area (Å²) in [4.78, 5) is 9.40. The van der Waals surface area contributed by atoms with E-state index in [1.54, 1.807) is 0 Å². The van der Waals surface area contributed by atoms with Crippen LogP contribution in [-0.4, -0.2) is 56.0 Å². The standard InChI is InChI=1S/C19H32N4/c1-17(16-23-12-8-5-9-13-23)14-20-19(22(2)3)21-15-18-10-6-4-7-11-18/h4,6-7,10-11,17H,5,8-9,12-16H2,1-3H3,(H,20,21). The highest BCUT2D eigenvalue weighted by molar-refractivity contribution is 5.79. The molecule has 0 bridgehead atoms. The van der Waals surface area contributed by atoms with Gasteiger partial charge in [-0.2, -0.15) is 0 Å². The van der Waals surface area contributed by atoms with Gasteiger partial charge in [0.25, 0.3) is 0 Å². The molecule has 1 aliphatic heterocycles. The summed E-state index contributed by atoms with van der Waals surface area (Å²) in [5.74, 6) is 1.61. The third kappa shape index (κ3) is 6.61. The number of benzene rings is 1. The van der Waals surface area contributed by atoms with Gasteiger partial charge in [-0.3, -0.25) is 0 Å². The van der Waals surface area contributed by atoms with Crippen molar-refractivity contribution in [3.63, 3.8) is 0 Å². The lowest BCUT2D eigenvalue weighted by atomic mass is 10.1. The summed E-state index contributed by atoms with van der Waals surface area (Å²) in [6.45, 7) is 7.75. The molecule has 1 aromatic carbocycles. The fraction of sp³-hybridized carbons (Fsp3) is 0.632. The normalized spacial score (nSPS) is 17.8. The molecule has 1 N–H and O–H groups in total. The second-order valence-corrected chi connectivity index (χ2v) is 6.87. The van der Waals surface area contributed by atoms with Crippen LogP contribution in [0.15, 0.2) is 35.3 Å². The smallest absolute Gasteiger partial charge is 0.193 e. The van der Waals surface area contributed by atoms with Crippen LogP contribution in [0.4, 0.5) is 0 Å². The Kier molecular flexibility index (Phi) is 7.40. The topological polar surface area (TPSA) is 30.9 Å². The van der Waals surface area contributed by atoms with Crippen molar-refractivity contribution in [3.8, 4) is 0 Å². The number of hydrogen-bond acceptors (Lipinski definition) is 2. The number of guanidine groups is 1. The van der Waals surface area contributed by atoms with E-state index in [0.717, 1.165) is 19.0 Å². The zero-order valence-electron chi connectivity index (χ0n) is 15.0. The van der Waals surface area contributed by atoms with Crippen molar-refractivity contribution in [1.82, 2.24) is 15.1 Å². The third-order valence-electron chi connectivity index (χ3n) is 4.31. The van der Waals surface area contributed by atoms with Crippen LogP contribution in [0.25, 0.3) is 0 Å². The first-order valence-electron chi connectivity index (χ1n) is 8.87. The van der Waals surface area contributed by atoms with Crippen molar-refractivity contribution in [1.29, 1.82) is 0 Å². The van der Waals surface area contributed by atoms with E-state index in [9.17, 15) is 0 Å². The zero-order chi connectivity index (χ0) is 16.5. The maximum atomic E-state index is 4.73. The van der Waals surface area contributed by atoms with Gasteiger partial charge in [-0.15, -0.1) is 0 Å². The van der Waals surface area contributed by atoms with E-state index in [1.807, 2.05) is 20.2 Å². The summed E-state index contributed by atoms with van der Waals surface area (Å²) in [5, 5.41) is 3.53. The van der Waals surface area contributed by atoms with Crippen molar-refractivity contribution in [3.05, 3.63) is 35.9 Å². The highest BCUT2D eigenvalue weighted by atomic mass is 15.3. The molecule has 23 heavy (non-hydrogen) atoms. The first kappa shape index (κ1) is 17.8. The Morgan fingerprint density at radius 3 is 2.52 bits per heavy atom. The molecule has 0 radical (unpaired) electrons. The van der Waals surface area contributed by atoms with Gasteiger partial charge in [0, 0.05) is 27.2 Å². The van der Waals surface area contributed by atoms with Crippen molar-refractivity contribution in [2.24, 2.45) is 10.9 Å². The minimum atomic E-state index is 0.634. The lowest BCUT2D eigenvalue weighted by Gasteiger charge is -2.29. The highest BCUT2D eigenvalue weighted by Crippen LogP contribution is 2.10. The molecule has 0 aromatic heterocycles. The van der Waals surface area contributed by atoms with Gasteiger partial charge >= 0.3 is 0 Å². The number of piperidine rings is 1. The van der Waals surface area contributed by atoms with E-state index in [0.29, 0.717) is 5.92 Å². The lowest BCUT2D eigenvalue weighted by Crippen LogP contribution is -2.42. The second-order valence-electron chi connectivity index (χ2n) is 6.87. The highest BCUT2D eigenvalue weighted by Gasteiger charge is 2.14. The molecular weight excluding hydrogens is 284 g/mol. The molecule has 2 rings (SSSR count). The summed E-state index contributed by atoms with van der Waals surface area (Å²) in [7, 11) is 4.10. The summed E-state index contributed by atoms with van der Waals surface area (Å²) >= 11 is 0. The minimum Gasteiger partial charge on any atom is -0.356 e. The minimum absolute atomic E-state index is 0.634. The third-order valence-corrected chi connectivity index (χ3v) is 4.31. The summed E-state index contributed by atoms with van der Waals surface area (Å²) < 4.78 is 0. The maximum absolute atomic E-state index is 4.73. The van der Waals surface area contributed by atoms with Gasteiger partial charge in [0.2, 0.25) is 0 Å². The molecule has 1 aliphatic rings. The van der Waals surface area contributed by atoms with E-state index in [4.69, 9.17) is 4.99 Å². The predicted octanol–water partition coefficient (Wildman–Crippen LogP) is 2.82. The molecule has 1 saturated heterocycles. The fourth-order valence-electron chi connectivity index (χ4n) is 3.02. The van der Waals surface area contributed by atoms with Crippen molar-refractivity contribution in [2.45, 2.75) is 32.7 Å². The molecule has 0 spiro atoms. The van der Waals surface area contributed by atoms with Crippen LogP contribution in [-0.2, 0) is 6.54 Å². The molecule has 1 unspecified atom stereocenters. The monoisotopic (exact) mass is 316 g/mol. The zero-order valence-corrected chi connectivity index (χ0v) is 15.0. The summed E-state index contributed by atoms with van der Waals surface area (Å²) in [6.07, 6.45) is 4.13. The molecule has 4 heteroatoms. The van der Waals surface area contributed by atoms with Gasteiger partial charge < -0.3 is 15.1 Å². The average Bonchev–Trinajstić information content (AvgIpc) is 2.56. The Hall–Kier alpha value is -1.55. The molecule has 1 heterocycles. The van der Waals surface area contributed by atoms with Crippen LogP contribution in [0.1, 0.15) is 31.7 Å². The SMILES string of the molecule is CC(CNC(=NCc1ccccc1)N(C)C)CN1CCCCC1. The molecule has 4 nitrogen and oxygen atoms in total. The van der Waals surface area contributed by atoms with Gasteiger partial charge in [-0.1, -0.05) is 43.7 Å². The fourth-order valence-corrected chi connectivity index (χ4v) is 3.02. The quantitative estimate of drug-likeness (QED) is 0.647. The Morgan fingerprint density at radius 2 is 1.87 bits per heavy atom. The first-order valence-corrected chi connectivity index (χ1v) is 8.87. The number of nitrogens with one attached hydrogen (secondary N) is 1. The molecule has 1 fully saturated rings. The van der Waals surface area contributed by atoms with Crippen molar-refractivity contribution < 1.29 is 0 Å². The van der Waals surface area contributed by atoms with Crippen LogP contribution < -0.4 is 5.32 Å². The molecule has 0 aliphatic carbocycles. The van der Waals surface area contributed by atoms with E-state index in [1.165, 1.54) is 44.5 Å². The van der Waals surface area contributed by atoms with E-state index >= 15 is 0 Å². The van der Waals surface area contributed by atoms with Gasteiger partial charge in [-0.25, -0.2) is 4.99 Å². The van der Waals surface area contributed by atoms with Gasteiger partial charge in [-0.05, 0) is 37.4 Å². The number of likely N-dealkylation sites (tertiary alicyclic amines) is 1. The lowest BCUT2D eigenvalue weighted by molar-refractivity contribution is 0.201. The van der Waals surface area contributed by atoms with Crippen LogP contribution in [0, 0.1) is 5.92 Å². The Bertz CT molecular complexity index is 464. The summed E-state index contributed by atoms with van der Waals surface area (Å²) in [6, 6.07) is 10.4. The second kappa shape index (κ2) is 9.56. The van der Waals surface area contributed by atoms with E-state index < -0.39 is 0 Å². The summed E-state index contributed by atoms with van der Waals surface area (Å²) in [5.41, 5.74) is 1.25. The Balaban J connectivity index is 1.79. The molecule has 1 atom stereocenters. The van der Waals surface area contributed by atoms with Crippen LogP contribution in [0.3, 0.4) is 0 Å². The van der Waals surface area contributed by atoms with Gasteiger partial charge in [0.05, 0.1) is 6.54 Å². The molecule has 0 amide bonds. The number of aliphatic imine (C=N–C) groups is 1. The van der Waals surface area contributed by atoms with Crippen LogP contribution in [0.2, 0.25) is 0 Å². The van der Waals surface area contributed by atoms with E-state index in [-0.39, 0.29) is 0 Å². The molecular formula is C19H32N4. The first-order chi connectivity index (χ1) is 11.1. The number of rotatable bonds is 6. The predicted molar refractivity (Wildman–Crippen MR) is 98.7 cm³/mol. The number of hydrogen-bond donors (Lipinski definition) is 1. The van der Waals surface area contributed by atoms with E-state index in [2.05, 4.69) is 46.3 Å². The van der Waals surface area contributed by atoms with Crippen LogP contribution in [0.5, 0.6) is 0 Å². The largest absolute Gasteiger partial charge is 0.356 e. The van der Waals surface area contributed by atoms with Crippen LogP contribution >= 0.6 is 0 Å². The number of nitrogens with zero attached hydrogens (tertiary/aromatic N) is 3. The van der Waals surface area contributed by atoms with Crippen molar-refractivity contribution >= 4 is 5.96 Å².